The van der Waals surface area contributed by atoms with Gasteiger partial charge in [-0.25, -0.2) is 14.2 Å². The molecule has 1 heterocycles. The Kier molecular flexibility index (Phi) is 7.03. The Hall–Kier alpha value is -4.30. The van der Waals surface area contributed by atoms with Crippen molar-refractivity contribution < 1.29 is 19.4 Å². The first kappa shape index (κ1) is 23.8. The maximum atomic E-state index is 12.5. The molecule has 0 fully saturated rings. The van der Waals surface area contributed by atoms with E-state index in [2.05, 4.69) is 10.3 Å². The van der Waals surface area contributed by atoms with Gasteiger partial charge >= 0.3 is 17.8 Å². The minimum atomic E-state index is -0.884. The Labute approximate surface area is 205 Å². The Morgan fingerprint density at radius 2 is 1.66 bits per heavy atom. The summed E-state index contributed by atoms with van der Waals surface area (Å²) >= 11 is 6.17. The topological polar surface area (TPSA) is 113 Å². The highest BCUT2D eigenvalue weighted by Gasteiger charge is 2.17. The molecule has 1 aromatic heterocycles. The number of halogens is 1. The van der Waals surface area contributed by atoms with E-state index in [1.54, 1.807) is 55.5 Å². The number of anilines is 1. The lowest BCUT2D eigenvalue weighted by Gasteiger charge is -2.16. The van der Waals surface area contributed by atoms with Crippen molar-refractivity contribution in [3.63, 3.8) is 0 Å². The fourth-order valence-corrected chi connectivity index (χ4v) is 3.96. The van der Waals surface area contributed by atoms with Gasteiger partial charge in [0.15, 0.2) is 0 Å². The molecule has 4 aromatic rings. The van der Waals surface area contributed by atoms with Gasteiger partial charge in [0.2, 0.25) is 0 Å². The van der Waals surface area contributed by atoms with E-state index in [1.165, 1.54) is 10.8 Å². The van der Waals surface area contributed by atoms with Crippen LogP contribution in [-0.4, -0.2) is 26.7 Å². The van der Waals surface area contributed by atoms with Gasteiger partial charge in [-0.05, 0) is 41.8 Å². The Bertz CT molecular complexity index is 1410. The van der Waals surface area contributed by atoms with Crippen LogP contribution in [0.3, 0.4) is 0 Å². The summed E-state index contributed by atoms with van der Waals surface area (Å²) in [5, 5.41) is 12.0. The van der Waals surface area contributed by atoms with Crippen molar-refractivity contribution in [2.24, 2.45) is 0 Å². The van der Waals surface area contributed by atoms with E-state index in [4.69, 9.17) is 21.4 Å². The lowest BCUT2D eigenvalue weighted by Crippen LogP contribution is -2.21. The molecule has 0 saturated heterocycles. The van der Waals surface area contributed by atoms with Gasteiger partial charge in [-0.3, -0.25) is 10.1 Å². The maximum absolute atomic E-state index is 12.5. The van der Waals surface area contributed by atoms with Gasteiger partial charge in [-0.15, -0.1) is 0 Å². The third-order valence-electron chi connectivity index (χ3n) is 5.40. The molecule has 0 aliphatic heterocycles. The lowest BCUT2D eigenvalue weighted by molar-refractivity contribution is -0.136. The second-order valence-electron chi connectivity index (χ2n) is 7.82. The summed E-state index contributed by atoms with van der Waals surface area (Å²) in [5.74, 6) is -0.664. The van der Waals surface area contributed by atoms with E-state index in [9.17, 15) is 14.4 Å². The van der Waals surface area contributed by atoms with E-state index >= 15 is 0 Å². The molecule has 0 aliphatic carbocycles. The third-order valence-corrected chi connectivity index (χ3v) is 5.75. The Balaban J connectivity index is 1.49. The van der Waals surface area contributed by atoms with Crippen molar-refractivity contribution >= 4 is 29.5 Å². The van der Waals surface area contributed by atoms with Gasteiger partial charge in [0.05, 0.1) is 12.1 Å². The van der Waals surface area contributed by atoms with Crippen LogP contribution in [0.5, 0.6) is 0 Å². The van der Waals surface area contributed by atoms with E-state index in [1.807, 2.05) is 24.3 Å². The molecule has 3 aromatic carbocycles. The van der Waals surface area contributed by atoms with E-state index < -0.39 is 23.9 Å². The highest BCUT2D eigenvalue weighted by atomic mass is 35.5. The van der Waals surface area contributed by atoms with Gasteiger partial charge in [0.1, 0.15) is 11.9 Å². The molecule has 4 rings (SSSR count). The van der Waals surface area contributed by atoms with Gasteiger partial charge in [0, 0.05) is 16.8 Å². The molecule has 1 unspecified atom stereocenters. The highest BCUT2D eigenvalue weighted by molar-refractivity contribution is 6.31. The number of nitrogens with one attached hydrogen (secondary N) is 2. The molecule has 9 heteroatoms. The molecule has 0 saturated carbocycles. The summed E-state index contributed by atoms with van der Waals surface area (Å²) in [4.78, 5) is 38.4. The number of hydrogen-bond acceptors (Lipinski definition) is 4. The predicted octanol–water partition coefficient (Wildman–Crippen LogP) is 5.42. The summed E-state index contributed by atoms with van der Waals surface area (Å²) < 4.78 is 6.75. The average Bonchev–Trinajstić information content (AvgIpc) is 3.19. The molecular weight excluding hydrogens is 470 g/mol. The first-order valence-electron chi connectivity index (χ1n) is 10.8. The van der Waals surface area contributed by atoms with E-state index in [0.717, 1.165) is 11.1 Å². The maximum Gasteiger partial charge on any atom is 0.413 e. The van der Waals surface area contributed by atoms with Gasteiger partial charge in [0.25, 0.3) is 0 Å². The number of hydrogen-bond donors (Lipinski definition) is 3. The second kappa shape index (κ2) is 10.3. The SMILES string of the molecule is CC(OC(=O)Nc1c[nH]c(=O)n1-c1ccc(-c2ccc(CC(=O)O)cc2)cc1)c1ccccc1Cl. The molecule has 0 spiro atoms. The number of amides is 1. The standard InChI is InChI=1S/C26H22ClN3O5/c1-16(21-4-2-3-5-22(21)27)35-26(34)29-23-15-28-25(33)30(23)20-12-10-19(11-13-20)18-8-6-17(7-9-18)14-24(31)32/h2-13,15-16H,14H2,1H3,(H,28,33)(H,29,34)(H,31,32). The lowest BCUT2D eigenvalue weighted by atomic mass is 10.0. The highest BCUT2D eigenvalue weighted by Crippen LogP contribution is 2.26. The fraction of sp³-hybridized carbons (Fsp3) is 0.115. The first-order valence-corrected chi connectivity index (χ1v) is 11.1. The number of rotatable bonds is 7. The van der Waals surface area contributed by atoms with Crippen LogP contribution in [0.4, 0.5) is 10.6 Å². The number of aliphatic carboxylic acids is 1. The zero-order chi connectivity index (χ0) is 24.9. The number of ether oxygens (including phenoxy) is 1. The van der Waals surface area contributed by atoms with E-state index in [-0.39, 0.29) is 12.2 Å². The number of carbonyl (C=O) groups excluding carboxylic acids is 1. The number of benzene rings is 3. The first-order chi connectivity index (χ1) is 16.8. The summed E-state index contributed by atoms with van der Waals surface area (Å²) in [7, 11) is 0. The quantitative estimate of drug-likeness (QED) is 0.319. The van der Waals surface area contributed by atoms with Crippen LogP contribution in [-0.2, 0) is 16.0 Å². The average molecular weight is 492 g/mol. The van der Waals surface area contributed by atoms with Crippen molar-refractivity contribution in [2.75, 3.05) is 5.32 Å². The van der Waals surface area contributed by atoms with Crippen LogP contribution in [0.2, 0.25) is 5.02 Å². The van der Waals surface area contributed by atoms with Crippen LogP contribution in [0.15, 0.2) is 83.8 Å². The number of nitrogens with zero attached hydrogens (tertiary/aromatic N) is 1. The largest absolute Gasteiger partial charge is 0.481 e. The molecule has 35 heavy (non-hydrogen) atoms. The van der Waals surface area contributed by atoms with Crippen LogP contribution in [0.1, 0.15) is 24.2 Å². The molecule has 0 radical (unpaired) electrons. The van der Waals surface area contributed by atoms with Crippen LogP contribution in [0.25, 0.3) is 16.8 Å². The smallest absolute Gasteiger partial charge is 0.413 e. The van der Waals surface area contributed by atoms with Crippen LogP contribution >= 0.6 is 11.6 Å². The van der Waals surface area contributed by atoms with Crippen LogP contribution < -0.4 is 11.0 Å². The number of imidazole rings is 1. The minimum absolute atomic E-state index is 0.0367. The van der Waals surface area contributed by atoms with Gasteiger partial charge < -0.3 is 14.8 Å². The van der Waals surface area contributed by atoms with Crippen molar-refractivity contribution in [3.05, 3.63) is 106 Å². The summed E-state index contributed by atoms with van der Waals surface area (Å²) in [5.41, 5.74) is 3.29. The molecular formula is C26H22ClN3O5. The zero-order valence-corrected chi connectivity index (χ0v) is 19.5. The molecule has 3 N–H and O–H groups in total. The van der Waals surface area contributed by atoms with Crippen LogP contribution in [0, 0.1) is 0 Å². The van der Waals surface area contributed by atoms with Crippen molar-refractivity contribution in [3.8, 4) is 16.8 Å². The fourth-order valence-electron chi connectivity index (χ4n) is 3.67. The number of aromatic nitrogens is 2. The van der Waals surface area contributed by atoms with Gasteiger partial charge in [-0.2, -0.15) is 0 Å². The van der Waals surface area contributed by atoms with Crippen molar-refractivity contribution in [1.29, 1.82) is 0 Å². The number of aromatic amines is 1. The summed E-state index contributed by atoms with van der Waals surface area (Å²) in [6, 6.07) is 21.5. The number of carboxylic acid groups (broad SMARTS) is 1. The zero-order valence-electron chi connectivity index (χ0n) is 18.7. The third kappa shape index (κ3) is 5.62. The number of H-pyrrole nitrogens is 1. The number of carboxylic acids is 1. The van der Waals surface area contributed by atoms with Crippen molar-refractivity contribution in [2.45, 2.75) is 19.4 Å². The molecule has 1 atom stereocenters. The molecule has 178 valence electrons. The summed E-state index contributed by atoms with van der Waals surface area (Å²) in [6.07, 6.45) is 0.0244. The second-order valence-corrected chi connectivity index (χ2v) is 8.23. The van der Waals surface area contributed by atoms with Gasteiger partial charge in [-0.1, -0.05) is 66.2 Å². The molecule has 0 bridgehead atoms. The number of carbonyl (C=O) groups is 2. The Morgan fingerprint density at radius 1 is 1.03 bits per heavy atom. The van der Waals surface area contributed by atoms with E-state index in [0.29, 0.717) is 21.8 Å². The molecule has 0 aliphatic rings. The summed E-state index contributed by atoms with van der Waals surface area (Å²) in [6.45, 7) is 1.71. The molecule has 8 nitrogen and oxygen atoms in total. The minimum Gasteiger partial charge on any atom is -0.481 e. The monoisotopic (exact) mass is 491 g/mol. The van der Waals surface area contributed by atoms with Crippen molar-refractivity contribution in [1.82, 2.24) is 9.55 Å². The Morgan fingerprint density at radius 3 is 2.29 bits per heavy atom. The normalized spacial score (nSPS) is 11.6. The predicted molar refractivity (Wildman–Crippen MR) is 133 cm³/mol. The molecule has 1 amide bonds.